The molecule has 0 atom stereocenters. The van der Waals surface area contributed by atoms with E-state index in [-0.39, 0.29) is 18.4 Å². The average molecular weight is 300 g/mol. The summed E-state index contributed by atoms with van der Waals surface area (Å²) in [4.78, 5) is 22.2. The van der Waals surface area contributed by atoms with E-state index in [0.717, 1.165) is 32.2 Å². The smallest absolute Gasteiger partial charge is 0.245 e. The van der Waals surface area contributed by atoms with Gasteiger partial charge in [0.25, 0.3) is 0 Å². The minimum atomic E-state index is -0.0204. The van der Waals surface area contributed by atoms with Gasteiger partial charge in [-0.1, -0.05) is 38.5 Å². The van der Waals surface area contributed by atoms with Crippen molar-refractivity contribution in [1.82, 2.24) is 10.6 Å². The Hall–Kier alpha value is -1.10. The molecule has 0 radical (unpaired) electrons. The van der Waals surface area contributed by atoms with Crippen LogP contribution in [0, 0.1) is 0 Å². The highest BCUT2D eigenvalue weighted by Gasteiger charge is 1.99. The number of nitrogens with one attached hydrogen (secondary N) is 2. The number of amides is 2. The van der Waals surface area contributed by atoms with Crippen LogP contribution < -0.4 is 10.6 Å². The van der Waals surface area contributed by atoms with Gasteiger partial charge in [0.15, 0.2) is 0 Å². The summed E-state index contributed by atoms with van der Waals surface area (Å²) in [6.45, 7) is 3.38. The number of carbonyl (C=O) groups excluding carboxylic acids is 2. The van der Waals surface area contributed by atoms with Crippen molar-refractivity contribution in [3.8, 4) is 0 Å². The highest BCUT2D eigenvalue weighted by Crippen LogP contribution is 2.09. The van der Waals surface area contributed by atoms with Crippen LogP contribution in [0.15, 0.2) is 0 Å². The fraction of sp³-hybridized carbons (Fsp3) is 0.875. The summed E-state index contributed by atoms with van der Waals surface area (Å²) in [5.74, 6) is 0.120. The molecule has 0 aliphatic carbocycles. The summed E-state index contributed by atoms with van der Waals surface area (Å²) in [5, 5.41) is 5.49. The van der Waals surface area contributed by atoms with Crippen molar-refractivity contribution in [3.05, 3.63) is 0 Å². The van der Waals surface area contributed by atoms with E-state index in [0.29, 0.717) is 13.0 Å². The Morgan fingerprint density at radius 3 is 2.00 bits per heavy atom. The van der Waals surface area contributed by atoms with Crippen LogP contribution in [0.1, 0.15) is 64.7 Å². The SMILES string of the molecule is CCOCC(=O)NCCCCCCCCCCC(=O)NC. The Morgan fingerprint density at radius 1 is 0.857 bits per heavy atom. The van der Waals surface area contributed by atoms with E-state index in [1.165, 1.54) is 25.7 Å². The van der Waals surface area contributed by atoms with Gasteiger partial charge in [-0.05, 0) is 19.8 Å². The number of rotatable bonds is 14. The summed E-state index contributed by atoms with van der Waals surface area (Å²) >= 11 is 0. The van der Waals surface area contributed by atoms with Gasteiger partial charge in [-0.25, -0.2) is 0 Å². The van der Waals surface area contributed by atoms with Crippen molar-refractivity contribution in [3.63, 3.8) is 0 Å². The Balaban J connectivity index is 3.12. The molecule has 0 saturated heterocycles. The minimum Gasteiger partial charge on any atom is -0.372 e. The minimum absolute atomic E-state index is 0.0204. The normalized spacial score (nSPS) is 10.4. The fourth-order valence-electron chi connectivity index (χ4n) is 2.07. The zero-order valence-electron chi connectivity index (χ0n) is 13.7. The van der Waals surface area contributed by atoms with E-state index in [1.807, 2.05) is 6.92 Å². The fourth-order valence-corrected chi connectivity index (χ4v) is 2.07. The van der Waals surface area contributed by atoms with Crippen molar-refractivity contribution in [2.45, 2.75) is 64.7 Å². The first-order valence-corrected chi connectivity index (χ1v) is 8.25. The highest BCUT2D eigenvalue weighted by atomic mass is 16.5. The van der Waals surface area contributed by atoms with Crippen molar-refractivity contribution in [1.29, 1.82) is 0 Å². The van der Waals surface area contributed by atoms with Crippen LogP contribution in [0.4, 0.5) is 0 Å². The molecule has 2 N–H and O–H groups in total. The van der Waals surface area contributed by atoms with Gasteiger partial charge in [-0.3, -0.25) is 9.59 Å². The summed E-state index contributed by atoms with van der Waals surface area (Å²) < 4.78 is 5.02. The van der Waals surface area contributed by atoms with E-state index in [2.05, 4.69) is 10.6 Å². The third-order valence-electron chi connectivity index (χ3n) is 3.37. The van der Waals surface area contributed by atoms with E-state index >= 15 is 0 Å². The molecule has 2 amide bonds. The summed E-state index contributed by atoms with van der Waals surface area (Å²) in [5.41, 5.74) is 0. The molecule has 5 nitrogen and oxygen atoms in total. The van der Waals surface area contributed by atoms with Crippen molar-refractivity contribution in [2.24, 2.45) is 0 Å². The quantitative estimate of drug-likeness (QED) is 0.484. The van der Waals surface area contributed by atoms with Crippen LogP contribution in [0.3, 0.4) is 0 Å². The maximum absolute atomic E-state index is 11.2. The lowest BCUT2D eigenvalue weighted by Crippen LogP contribution is -2.28. The third kappa shape index (κ3) is 15.1. The van der Waals surface area contributed by atoms with Crippen LogP contribution in [-0.2, 0) is 14.3 Å². The predicted octanol–water partition coefficient (Wildman–Crippen LogP) is 2.40. The van der Waals surface area contributed by atoms with Crippen molar-refractivity contribution in [2.75, 3.05) is 26.8 Å². The molecule has 0 aliphatic rings. The predicted molar refractivity (Wildman–Crippen MR) is 85.1 cm³/mol. The Labute approximate surface area is 129 Å². The topological polar surface area (TPSA) is 67.4 Å². The van der Waals surface area contributed by atoms with Crippen molar-refractivity contribution < 1.29 is 14.3 Å². The molecule has 0 unspecified atom stereocenters. The Morgan fingerprint density at radius 2 is 1.43 bits per heavy atom. The zero-order valence-corrected chi connectivity index (χ0v) is 13.7. The molecule has 0 aromatic heterocycles. The molecule has 0 heterocycles. The van der Waals surface area contributed by atoms with Crippen LogP contribution in [0.2, 0.25) is 0 Å². The summed E-state index contributed by atoms with van der Waals surface area (Å²) in [7, 11) is 1.68. The lowest BCUT2D eigenvalue weighted by Gasteiger charge is -2.05. The second-order valence-electron chi connectivity index (χ2n) is 5.24. The maximum Gasteiger partial charge on any atom is 0.245 e. The monoisotopic (exact) mass is 300 g/mol. The summed E-state index contributed by atoms with van der Waals surface area (Å²) in [6.07, 6.45) is 9.89. The second kappa shape index (κ2) is 15.3. The molecule has 0 aromatic rings. The van der Waals surface area contributed by atoms with E-state index < -0.39 is 0 Å². The average Bonchev–Trinajstić information content (AvgIpc) is 2.50. The van der Waals surface area contributed by atoms with E-state index in [1.54, 1.807) is 7.05 Å². The molecule has 0 aromatic carbocycles. The van der Waals surface area contributed by atoms with Crippen LogP contribution in [0.5, 0.6) is 0 Å². The van der Waals surface area contributed by atoms with Gasteiger partial charge >= 0.3 is 0 Å². The van der Waals surface area contributed by atoms with Crippen LogP contribution >= 0.6 is 0 Å². The number of hydrogen-bond acceptors (Lipinski definition) is 3. The third-order valence-corrected chi connectivity index (χ3v) is 3.37. The van der Waals surface area contributed by atoms with Gasteiger partial charge in [0.2, 0.25) is 11.8 Å². The zero-order chi connectivity index (χ0) is 15.8. The van der Waals surface area contributed by atoms with Crippen molar-refractivity contribution >= 4 is 11.8 Å². The van der Waals surface area contributed by atoms with Gasteiger partial charge in [-0.15, -0.1) is 0 Å². The molecule has 124 valence electrons. The van der Waals surface area contributed by atoms with Gasteiger partial charge < -0.3 is 15.4 Å². The van der Waals surface area contributed by atoms with Crippen LogP contribution in [0.25, 0.3) is 0 Å². The molecule has 0 rings (SSSR count). The molecule has 21 heavy (non-hydrogen) atoms. The standard InChI is InChI=1S/C16H32N2O3/c1-3-21-14-16(20)18-13-11-9-7-5-4-6-8-10-12-15(19)17-2/h3-14H2,1-2H3,(H,17,19)(H,18,20). The van der Waals surface area contributed by atoms with Gasteiger partial charge in [0.05, 0.1) is 0 Å². The molecule has 0 saturated carbocycles. The van der Waals surface area contributed by atoms with Gasteiger partial charge in [0, 0.05) is 26.6 Å². The number of hydrogen-bond donors (Lipinski definition) is 2. The van der Waals surface area contributed by atoms with E-state index in [4.69, 9.17) is 4.74 Å². The lowest BCUT2D eigenvalue weighted by molar-refractivity contribution is -0.125. The Bertz CT molecular complexity index is 270. The molecular formula is C16H32N2O3. The van der Waals surface area contributed by atoms with Crippen LogP contribution in [-0.4, -0.2) is 38.6 Å². The number of ether oxygens (including phenoxy) is 1. The maximum atomic E-state index is 11.2. The molecule has 0 bridgehead atoms. The summed E-state index contributed by atoms with van der Waals surface area (Å²) in [6, 6.07) is 0. The second-order valence-corrected chi connectivity index (χ2v) is 5.24. The Kier molecular flexibility index (Phi) is 14.5. The largest absolute Gasteiger partial charge is 0.372 e. The molecular weight excluding hydrogens is 268 g/mol. The highest BCUT2D eigenvalue weighted by molar-refractivity contribution is 5.77. The van der Waals surface area contributed by atoms with E-state index in [9.17, 15) is 9.59 Å². The molecule has 0 fully saturated rings. The first kappa shape index (κ1) is 19.9. The van der Waals surface area contributed by atoms with Gasteiger partial charge in [-0.2, -0.15) is 0 Å². The number of carbonyl (C=O) groups is 2. The molecule has 5 heteroatoms. The molecule has 0 aliphatic heterocycles. The first-order chi connectivity index (χ1) is 10.2. The number of unbranched alkanes of at least 4 members (excludes halogenated alkanes) is 7. The first-order valence-electron chi connectivity index (χ1n) is 8.25. The molecule has 0 spiro atoms. The van der Waals surface area contributed by atoms with Gasteiger partial charge in [0.1, 0.15) is 6.61 Å². The lowest BCUT2D eigenvalue weighted by atomic mass is 10.1.